The standard InChI is InChI=1S/C19H22N6O3S/c1-5-12(8-20-2)14-10-21-18(28-4)15-16(14)29-19(23-15)24-17(26)13-9-22-25(11-13)6-7-27-3/h5,8-11H,6-7H2,1-4H3,(H,23,24,26)/b12-5+,20-8?. The summed E-state index contributed by atoms with van der Waals surface area (Å²) in [5.41, 5.74) is 2.82. The summed E-state index contributed by atoms with van der Waals surface area (Å²) in [6.07, 6.45) is 8.62. The molecule has 3 heterocycles. The zero-order valence-electron chi connectivity index (χ0n) is 16.7. The molecule has 152 valence electrons. The van der Waals surface area contributed by atoms with E-state index in [0.717, 1.165) is 15.8 Å². The highest BCUT2D eigenvalue weighted by Crippen LogP contribution is 2.36. The summed E-state index contributed by atoms with van der Waals surface area (Å²) in [5.74, 6) is 0.111. The number of methoxy groups -OCH3 is 2. The normalized spacial score (nSPS) is 12.1. The maximum Gasteiger partial charge on any atom is 0.260 e. The first-order valence-corrected chi connectivity index (χ1v) is 9.68. The van der Waals surface area contributed by atoms with E-state index in [2.05, 4.69) is 25.4 Å². The first kappa shape index (κ1) is 20.6. The summed E-state index contributed by atoms with van der Waals surface area (Å²) < 4.78 is 12.9. The van der Waals surface area contributed by atoms with Gasteiger partial charge in [0.15, 0.2) is 5.13 Å². The molecular formula is C19H22N6O3S. The molecule has 0 aliphatic rings. The SMILES string of the molecule is C/C=C(\C=NC)c1cnc(OC)c2nc(NC(=O)c3cnn(CCOC)c3)sc12. The fourth-order valence-electron chi connectivity index (χ4n) is 2.69. The van der Waals surface area contributed by atoms with Gasteiger partial charge >= 0.3 is 0 Å². The Bertz CT molecular complexity index is 1070. The quantitative estimate of drug-likeness (QED) is 0.569. The molecule has 0 atom stereocenters. The van der Waals surface area contributed by atoms with Crippen molar-refractivity contribution < 1.29 is 14.3 Å². The minimum Gasteiger partial charge on any atom is -0.479 e. The molecule has 3 aromatic heterocycles. The number of nitrogens with zero attached hydrogens (tertiary/aromatic N) is 5. The molecule has 10 heteroatoms. The van der Waals surface area contributed by atoms with Crippen LogP contribution in [0.15, 0.2) is 29.7 Å². The third kappa shape index (κ3) is 4.49. The van der Waals surface area contributed by atoms with Gasteiger partial charge in [0.2, 0.25) is 5.88 Å². The van der Waals surface area contributed by atoms with Crippen LogP contribution in [0.1, 0.15) is 22.8 Å². The Morgan fingerprint density at radius 3 is 2.90 bits per heavy atom. The molecular weight excluding hydrogens is 392 g/mol. The van der Waals surface area contributed by atoms with Crippen molar-refractivity contribution in [2.75, 3.05) is 33.2 Å². The van der Waals surface area contributed by atoms with Crippen molar-refractivity contribution >= 4 is 44.4 Å². The number of rotatable bonds is 8. The van der Waals surface area contributed by atoms with Crippen LogP contribution in [0.5, 0.6) is 5.88 Å². The van der Waals surface area contributed by atoms with Crippen molar-refractivity contribution in [2.24, 2.45) is 4.99 Å². The first-order valence-electron chi connectivity index (χ1n) is 8.86. The summed E-state index contributed by atoms with van der Waals surface area (Å²) >= 11 is 1.35. The molecule has 0 aliphatic heterocycles. The van der Waals surface area contributed by atoms with Crippen LogP contribution < -0.4 is 10.1 Å². The molecule has 1 amide bonds. The van der Waals surface area contributed by atoms with Gasteiger partial charge in [-0.1, -0.05) is 17.4 Å². The average molecular weight is 414 g/mol. The zero-order chi connectivity index (χ0) is 20.8. The number of pyridine rings is 1. The van der Waals surface area contributed by atoms with Crippen LogP contribution in [-0.2, 0) is 11.3 Å². The molecule has 0 aliphatic carbocycles. The number of allylic oxidation sites excluding steroid dienone is 2. The van der Waals surface area contributed by atoms with Crippen molar-refractivity contribution in [3.63, 3.8) is 0 Å². The van der Waals surface area contributed by atoms with Crippen molar-refractivity contribution in [1.82, 2.24) is 19.7 Å². The number of thiazole rings is 1. The van der Waals surface area contributed by atoms with Crippen molar-refractivity contribution in [2.45, 2.75) is 13.5 Å². The van der Waals surface area contributed by atoms with Crippen LogP contribution in [0, 0.1) is 0 Å². The molecule has 3 rings (SSSR count). The zero-order valence-corrected chi connectivity index (χ0v) is 17.5. The van der Waals surface area contributed by atoms with E-state index in [9.17, 15) is 4.79 Å². The molecule has 3 aromatic rings. The van der Waals surface area contributed by atoms with Crippen LogP contribution in [0.4, 0.5) is 5.13 Å². The molecule has 0 unspecified atom stereocenters. The van der Waals surface area contributed by atoms with Gasteiger partial charge in [-0.05, 0) is 12.5 Å². The Labute approximate surface area is 172 Å². The Morgan fingerprint density at radius 1 is 1.38 bits per heavy atom. The van der Waals surface area contributed by atoms with E-state index >= 15 is 0 Å². The number of hydrogen-bond donors (Lipinski definition) is 1. The Balaban J connectivity index is 1.92. The second kappa shape index (κ2) is 9.39. The summed E-state index contributed by atoms with van der Waals surface area (Å²) in [5, 5.41) is 7.44. The van der Waals surface area contributed by atoms with Crippen LogP contribution in [0.25, 0.3) is 15.8 Å². The molecule has 0 bridgehead atoms. The molecule has 0 radical (unpaired) electrons. The van der Waals surface area contributed by atoms with Crippen LogP contribution in [-0.4, -0.2) is 59.7 Å². The Kier molecular flexibility index (Phi) is 6.68. The molecule has 1 N–H and O–H groups in total. The van der Waals surface area contributed by atoms with Gasteiger partial charge in [0.05, 0.1) is 36.7 Å². The molecule has 0 saturated heterocycles. The molecule has 0 aromatic carbocycles. The van der Waals surface area contributed by atoms with Crippen molar-refractivity contribution in [3.8, 4) is 5.88 Å². The number of anilines is 1. The smallest absolute Gasteiger partial charge is 0.260 e. The van der Waals surface area contributed by atoms with Gasteiger partial charge in [-0.3, -0.25) is 19.8 Å². The number of hydrogen-bond acceptors (Lipinski definition) is 8. The fraction of sp³-hybridized carbons (Fsp3) is 0.316. The van der Waals surface area contributed by atoms with E-state index in [0.29, 0.717) is 35.2 Å². The van der Waals surface area contributed by atoms with Crippen LogP contribution >= 0.6 is 11.3 Å². The maximum absolute atomic E-state index is 12.6. The lowest BCUT2D eigenvalue weighted by Crippen LogP contribution is -2.11. The summed E-state index contributed by atoms with van der Waals surface area (Å²) in [6.45, 7) is 3.02. The van der Waals surface area contributed by atoms with Gasteiger partial charge in [0.1, 0.15) is 5.52 Å². The summed E-state index contributed by atoms with van der Waals surface area (Å²) in [4.78, 5) is 25.6. The lowest BCUT2D eigenvalue weighted by molar-refractivity contribution is 0.102. The van der Waals surface area contributed by atoms with E-state index < -0.39 is 0 Å². The molecule has 0 spiro atoms. The second-order valence-corrected chi connectivity index (χ2v) is 6.95. The Hall–Kier alpha value is -3.11. The highest BCUT2D eigenvalue weighted by molar-refractivity contribution is 7.22. The number of nitrogens with one attached hydrogen (secondary N) is 1. The van der Waals surface area contributed by atoms with Crippen LogP contribution in [0.3, 0.4) is 0 Å². The number of amides is 1. The van der Waals surface area contributed by atoms with Gasteiger partial charge in [0, 0.05) is 38.3 Å². The summed E-state index contributed by atoms with van der Waals surface area (Å²) in [7, 11) is 4.87. The van der Waals surface area contributed by atoms with Gasteiger partial charge in [0.25, 0.3) is 5.91 Å². The maximum atomic E-state index is 12.6. The highest BCUT2D eigenvalue weighted by atomic mass is 32.1. The first-order chi connectivity index (χ1) is 14.1. The lowest BCUT2D eigenvalue weighted by Gasteiger charge is -2.05. The number of carbonyl (C=O) groups is 1. The fourth-order valence-corrected chi connectivity index (χ4v) is 3.68. The van der Waals surface area contributed by atoms with Crippen LogP contribution in [0.2, 0.25) is 0 Å². The van der Waals surface area contributed by atoms with Crippen molar-refractivity contribution in [3.05, 3.63) is 35.8 Å². The molecule has 29 heavy (non-hydrogen) atoms. The molecule has 0 saturated carbocycles. The number of fused-ring (bicyclic) bond motifs is 1. The third-order valence-electron chi connectivity index (χ3n) is 4.11. The van der Waals surface area contributed by atoms with Gasteiger partial charge < -0.3 is 9.47 Å². The molecule has 9 nitrogen and oxygen atoms in total. The Morgan fingerprint density at radius 2 is 2.21 bits per heavy atom. The largest absolute Gasteiger partial charge is 0.479 e. The number of aromatic nitrogens is 4. The second-order valence-electron chi connectivity index (χ2n) is 5.95. The number of aliphatic imine (C=N–C) groups is 1. The number of ether oxygens (including phenoxy) is 2. The van der Waals surface area contributed by atoms with E-state index in [4.69, 9.17) is 9.47 Å². The van der Waals surface area contributed by atoms with Gasteiger partial charge in [-0.2, -0.15) is 5.10 Å². The van der Waals surface area contributed by atoms with Crippen molar-refractivity contribution in [1.29, 1.82) is 0 Å². The third-order valence-corrected chi connectivity index (χ3v) is 5.11. The van der Waals surface area contributed by atoms with Gasteiger partial charge in [-0.25, -0.2) is 9.97 Å². The molecule has 0 fully saturated rings. The lowest BCUT2D eigenvalue weighted by atomic mass is 10.1. The topological polar surface area (TPSA) is 104 Å². The number of carbonyl (C=O) groups excluding carboxylic acids is 1. The summed E-state index contributed by atoms with van der Waals surface area (Å²) in [6, 6.07) is 0. The van der Waals surface area contributed by atoms with E-state index in [1.54, 1.807) is 37.4 Å². The highest BCUT2D eigenvalue weighted by Gasteiger charge is 2.18. The average Bonchev–Trinajstić information content (AvgIpc) is 3.37. The van der Waals surface area contributed by atoms with E-state index in [1.807, 2.05) is 13.0 Å². The predicted octanol–water partition coefficient (Wildman–Crippen LogP) is 2.90. The minimum absolute atomic E-state index is 0.289. The van der Waals surface area contributed by atoms with E-state index in [1.165, 1.54) is 24.6 Å². The minimum atomic E-state index is -0.289. The monoisotopic (exact) mass is 414 g/mol. The van der Waals surface area contributed by atoms with Gasteiger partial charge in [-0.15, -0.1) is 0 Å². The van der Waals surface area contributed by atoms with E-state index in [-0.39, 0.29) is 5.91 Å². The predicted molar refractivity (Wildman–Crippen MR) is 114 cm³/mol.